The molecule has 1 heterocycles. The first-order valence-corrected chi connectivity index (χ1v) is 5.51. The fourth-order valence-electron chi connectivity index (χ4n) is 0.951. The van der Waals surface area contributed by atoms with Crippen molar-refractivity contribution in [3.05, 3.63) is 0 Å². The monoisotopic (exact) mass is 294 g/mol. The number of esters is 1. The Labute approximate surface area is 106 Å². The summed E-state index contributed by atoms with van der Waals surface area (Å²) in [6, 6.07) is 0. The van der Waals surface area contributed by atoms with Gasteiger partial charge in [0.25, 0.3) is 10.1 Å². The highest BCUT2D eigenvalue weighted by Crippen LogP contribution is 2.37. The van der Waals surface area contributed by atoms with E-state index in [0.717, 1.165) is 0 Å². The van der Waals surface area contributed by atoms with Crippen molar-refractivity contribution in [1.29, 1.82) is 0 Å². The second kappa shape index (κ2) is 5.06. The molecule has 15 heavy (non-hydrogen) atoms. The van der Waals surface area contributed by atoms with Crippen LogP contribution in [0.1, 0.15) is 6.42 Å². The number of alkyl halides is 4. The molecular formula is C7H6Cl4O4. The first-order valence-electron chi connectivity index (χ1n) is 3.85. The van der Waals surface area contributed by atoms with Gasteiger partial charge in [0.05, 0.1) is 5.88 Å². The van der Waals surface area contributed by atoms with Crippen molar-refractivity contribution in [3.8, 4) is 0 Å². The molecule has 0 aliphatic carbocycles. The van der Waals surface area contributed by atoms with Crippen molar-refractivity contribution < 1.29 is 19.1 Å². The highest BCUT2D eigenvalue weighted by molar-refractivity contribution is 6.68. The SMILES string of the molecule is O=C(CCl)C[C@@H]1O[C@@H](C(Cl)(Cl)Cl)OC1=O. The molecule has 4 nitrogen and oxygen atoms in total. The molecule has 0 bridgehead atoms. The maximum Gasteiger partial charge on any atom is 0.338 e. The van der Waals surface area contributed by atoms with E-state index in [0.29, 0.717) is 0 Å². The van der Waals surface area contributed by atoms with E-state index < -0.39 is 22.2 Å². The Morgan fingerprint density at radius 3 is 2.40 bits per heavy atom. The predicted octanol–water partition coefficient (Wildman–Crippen LogP) is 1.82. The number of carbonyl (C=O) groups is 2. The molecule has 1 fully saturated rings. The van der Waals surface area contributed by atoms with E-state index in [4.69, 9.17) is 51.1 Å². The minimum Gasteiger partial charge on any atom is -0.429 e. The maximum atomic E-state index is 11.2. The van der Waals surface area contributed by atoms with Crippen molar-refractivity contribution in [2.45, 2.75) is 22.6 Å². The quantitative estimate of drug-likeness (QED) is 0.589. The molecule has 1 rings (SSSR count). The Morgan fingerprint density at radius 1 is 1.40 bits per heavy atom. The van der Waals surface area contributed by atoms with Crippen LogP contribution in [0, 0.1) is 0 Å². The van der Waals surface area contributed by atoms with Gasteiger partial charge in [0.1, 0.15) is 0 Å². The molecule has 0 amide bonds. The number of halogens is 4. The Morgan fingerprint density at radius 2 is 2.00 bits per heavy atom. The second-order valence-corrected chi connectivity index (χ2v) is 5.45. The molecule has 0 aromatic rings. The molecule has 0 unspecified atom stereocenters. The zero-order valence-corrected chi connectivity index (χ0v) is 10.2. The van der Waals surface area contributed by atoms with Crippen LogP contribution in [0.2, 0.25) is 0 Å². The van der Waals surface area contributed by atoms with Gasteiger partial charge in [0.2, 0.25) is 0 Å². The largest absolute Gasteiger partial charge is 0.429 e. The first-order chi connectivity index (χ1) is 6.84. The second-order valence-electron chi connectivity index (χ2n) is 2.81. The van der Waals surface area contributed by atoms with Crippen LogP contribution in [0.5, 0.6) is 0 Å². The van der Waals surface area contributed by atoms with Gasteiger partial charge in [0, 0.05) is 6.42 Å². The number of hydrogen-bond acceptors (Lipinski definition) is 4. The average Bonchev–Trinajstić information content (AvgIpc) is 2.47. The fourth-order valence-corrected chi connectivity index (χ4v) is 1.35. The van der Waals surface area contributed by atoms with Gasteiger partial charge in [0.15, 0.2) is 11.9 Å². The lowest BCUT2D eigenvalue weighted by molar-refractivity contribution is -0.143. The highest BCUT2D eigenvalue weighted by atomic mass is 35.6. The van der Waals surface area contributed by atoms with E-state index in [1.165, 1.54) is 0 Å². The maximum absolute atomic E-state index is 11.2. The van der Waals surface area contributed by atoms with Crippen LogP contribution in [0.15, 0.2) is 0 Å². The molecule has 2 atom stereocenters. The molecule has 1 aliphatic heterocycles. The summed E-state index contributed by atoms with van der Waals surface area (Å²) in [5.41, 5.74) is 0. The molecule has 0 saturated carbocycles. The van der Waals surface area contributed by atoms with Gasteiger partial charge >= 0.3 is 5.97 Å². The smallest absolute Gasteiger partial charge is 0.338 e. The van der Waals surface area contributed by atoms with E-state index >= 15 is 0 Å². The van der Waals surface area contributed by atoms with E-state index in [-0.39, 0.29) is 18.1 Å². The number of carbonyl (C=O) groups excluding carboxylic acids is 2. The lowest BCUT2D eigenvalue weighted by Gasteiger charge is -2.16. The van der Waals surface area contributed by atoms with E-state index in [2.05, 4.69) is 4.74 Å². The average molecular weight is 296 g/mol. The lowest BCUT2D eigenvalue weighted by atomic mass is 10.2. The lowest BCUT2D eigenvalue weighted by Crippen LogP contribution is -2.27. The summed E-state index contributed by atoms with van der Waals surface area (Å²) in [5, 5.41) is 0. The van der Waals surface area contributed by atoms with Crippen LogP contribution in [-0.4, -0.2) is 33.8 Å². The van der Waals surface area contributed by atoms with Gasteiger partial charge < -0.3 is 9.47 Å². The van der Waals surface area contributed by atoms with Crippen molar-refractivity contribution in [3.63, 3.8) is 0 Å². The van der Waals surface area contributed by atoms with Crippen LogP contribution >= 0.6 is 46.4 Å². The van der Waals surface area contributed by atoms with E-state index in [9.17, 15) is 9.59 Å². The number of Topliss-reactive ketones (excluding diaryl/α,β-unsaturated/α-hetero) is 1. The van der Waals surface area contributed by atoms with Crippen molar-refractivity contribution >= 4 is 58.2 Å². The number of hydrogen-bond donors (Lipinski definition) is 0. The topological polar surface area (TPSA) is 52.6 Å². The predicted molar refractivity (Wildman–Crippen MR) is 55.4 cm³/mol. The normalized spacial score (nSPS) is 26.5. The molecule has 86 valence electrons. The number of ketones is 1. The van der Waals surface area contributed by atoms with Gasteiger partial charge in [-0.2, -0.15) is 0 Å². The summed E-state index contributed by atoms with van der Waals surface area (Å²) < 4.78 is 7.73. The Kier molecular flexibility index (Phi) is 4.50. The zero-order valence-electron chi connectivity index (χ0n) is 7.21. The fraction of sp³-hybridized carbons (Fsp3) is 0.714. The molecule has 0 spiro atoms. The number of rotatable bonds is 3. The molecule has 0 aromatic heterocycles. The minimum atomic E-state index is -1.87. The van der Waals surface area contributed by atoms with Gasteiger partial charge in [-0.25, -0.2) is 4.79 Å². The molecule has 0 aromatic carbocycles. The van der Waals surface area contributed by atoms with Gasteiger partial charge in [-0.05, 0) is 0 Å². The van der Waals surface area contributed by atoms with E-state index in [1.807, 2.05) is 0 Å². The third-order valence-corrected chi connectivity index (χ3v) is 2.44. The van der Waals surface area contributed by atoms with Gasteiger partial charge in [-0.1, -0.05) is 34.8 Å². The minimum absolute atomic E-state index is 0.181. The summed E-state index contributed by atoms with van der Waals surface area (Å²) in [4.78, 5) is 22.1. The summed E-state index contributed by atoms with van der Waals surface area (Å²) in [6.45, 7) is 0. The van der Waals surface area contributed by atoms with Crippen LogP contribution in [0.25, 0.3) is 0 Å². The van der Waals surface area contributed by atoms with Crippen molar-refractivity contribution in [2.75, 3.05) is 5.88 Å². The summed E-state index contributed by atoms with van der Waals surface area (Å²) >= 11 is 21.6. The summed E-state index contributed by atoms with van der Waals surface area (Å²) in [6.07, 6.45) is -2.51. The van der Waals surface area contributed by atoms with Gasteiger partial charge in [-0.3, -0.25) is 4.79 Å². The summed E-state index contributed by atoms with van der Waals surface area (Å²) in [7, 11) is 0. The van der Waals surface area contributed by atoms with Crippen LogP contribution in [0.4, 0.5) is 0 Å². The Balaban J connectivity index is 2.57. The molecule has 8 heteroatoms. The third kappa shape index (κ3) is 3.64. The zero-order chi connectivity index (χ0) is 11.6. The first kappa shape index (κ1) is 13.3. The van der Waals surface area contributed by atoms with Gasteiger partial charge in [-0.15, -0.1) is 11.6 Å². The van der Waals surface area contributed by atoms with Crippen molar-refractivity contribution in [2.24, 2.45) is 0 Å². The van der Waals surface area contributed by atoms with Crippen LogP contribution < -0.4 is 0 Å². The number of ether oxygens (including phenoxy) is 2. The Bertz CT molecular complexity index is 275. The molecule has 1 saturated heterocycles. The number of cyclic esters (lactones) is 1. The van der Waals surface area contributed by atoms with Crippen LogP contribution in [-0.2, 0) is 19.1 Å². The summed E-state index contributed by atoms with van der Waals surface area (Å²) in [5.74, 6) is -1.28. The van der Waals surface area contributed by atoms with Crippen molar-refractivity contribution in [1.82, 2.24) is 0 Å². The van der Waals surface area contributed by atoms with E-state index in [1.54, 1.807) is 0 Å². The standard InChI is InChI=1S/C7H6Cl4O4/c8-2-3(12)1-4-5(13)15-6(14-4)7(9,10)11/h4,6H,1-2H2/t4-,6+/m0/s1. The molecule has 0 N–H and O–H groups in total. The third-order valence-electron chi connectivity index (χ3n) is 1.60. The molecule has 0 radical (unpaired) electrons. The molecular weight excluding hydrogens is 290 g/mol. The highest BCUT2D eigenvalue weighted by Gasteiger charge is 2.47. The Hall–Kier alpha value is 0.260. The van der Waals surface area contributed by atoms with Crippen LogP contribution in [0.3, 0.4) is 0 Å². The molecule has 1 aliphatic rings.